The lowest BCUT2D eigenvalue weighted by Crippen LogP contribution is -2.13. The van der Waals surface area contributed by atoms with Crippen molar-refractivity contribution in [2.24, 2.45) is 5.73 Å². The SMILES string of the molecule is Cc1c(C(N)=O)c2ccccc2n1Cc1ccc(Cl)cc1Cl. The molecule has 0 unspecified atom stereocenters. The Morgan fingerprint density at radius 1 is 1.18 bits per heavy atom. The van der Waals surface area contributed by atoms with E-state index in [4.69, 9.17) is 28.9 Å². The van der Waals surface area contributed by atoms with E-state index in [1.165, 1.54) is 0 Å². The summed E-state index contributed by atoms with van der Waals surface area (Å²) >= 11 is 12.2. The number of carbonyl (C=O) groups is 1. The first kappa shape index (κ1) is 14.9. The minimum atomic E-state index is -0.422. The van der Waals surface area contributed by atoms with E-state index in [1.807, 2.05) is 41.8 Å². The highest BCUT2D eigenvalue weighted by Gasteiger charge is 2.18. The highest BCUT2D eigenvalue weighted by Crippen LogP contribution is 2.28. The van der Waals surface area contributed by atoms with Crippen LogP contribution in [0, 0.1) is 6.92 Å². The van der Waals surface area contributed by atoms with Crippen molar-refractivity contribution in [3.63, 3.8) is 0 Å². The van der Waals surface area contributed by atoms with Crippen LogP contribution in [0.1, 0.15) is 21.6 Å². The first-order chi connectivity index (χ1) is 10.5. The van der Waals surface area contributed by atoms with Gasteiger partial charge in [0.15, 0.2) is 0 Å². The molecule has 2 aromatic carbocycles. The molecule has 1 heterocycles. The lowest BCUT2D eigenvalue weighted by molar-refractivity contribution is 0.100. The fourth-order valence-electron chi connectivity index (χ4n) is 2.77. The van der Waals surface area contributed by atoms with Gasteiger partial charge in [-0.25, -0.2) is 0 Å². The highest BCUT2D eigenvalue weighted by atomic mass is 35.5. The minimum Gasteiger partial charge on any atom is -0.366 e. The number of halogens is 2. The summed E-state index contributed by atoms with van der Waals surface area (Å²) in [6, 6.07) is 13.1. The summed E-state index contributed by atoms with van der Waals surface area (Å²) < 4.78 is 2.05. The molecule has 3 nitrogen and oxygen atoms in total. The molecule has 1 amide bonds. The van der Waals surface area contributed by atoms with Gasteiger partial charge in [0.05, 0.1) is 5.56 Å². The number of carbonyl (C=O) groups excluding carboxylic acids is 1. The number of para-hydroxylation sites is 1. The summed E-state index contributed by atoms with van der Waals surface area (Å²) in [4.78, 5) is 11.8. The molecule has 0 radical (unpaired) electrons. The quantitative estimate of drug-likeness (QED) is 0.758. The molecule has 112 valence electrons. The Kier molecular flexibility index (Phi) is 3.85. The van der Waals surface area contributed by atoms with Crippen LogP contribution < -0.4 is 5.73 Å². The Labute approximate surface area is 138 Å². The summed E-state index contributed by atoms with van der Waals surface area (Å²) in [7, 11) is 0. The zero-order valence-electron chi connectivity index (χ0n) is 11.9. The Balaban J connectivity index is 2.19. The number of hydrogen-bond acceptors (Lipinski definition) is 1. The number of amides is 1. The molecule has 2 N–H and O–H groups in total. The largest absolute Gasteiger partial charge is 0.366 e. The molecule has 0 aliphatic heterocycles. The Hall–Kier alpha value is -1.97. The van der Waals surface area contributed by atoms with Gasteiger partial charge < -0.3 is 10.3 Å². The van der Waals surface area contributed by atoms with Crippen LogP contribution in [0.4, 0.5) is 0 Å². The molecule has 3 aromatic rings. The van der Waals surface area contributed by atoms with Crippen molar-refractivity contribution in [2.45, 2.75) is 13.5 Å². The molecule has 0 spiro atoms. The summed E-state index contributed by atoms with van der Waals surface area (Å²) in [5, 5.41) is 2.06. The van der Waals surface area contributed by atoms with Gasteiger partial charge in [-0.15, -0.1) is 0 Å². The number of nitrogens with two attached hydrogens (primary N) is 1. The van der Waals surface area contributed by atoms with E-state index in [-0.39, 0.29) is 0 Å². The number of hydrogen-bond donors (Lipinski definition) is 1. The maximum Gasteiger partial charge on any atom is 0.251 e. The van der Waals surface area contributed by atoms with Crippen LogP contribution in [-0.4, -0.2) is 10.5 Å². The van der Waals surface area contributed by atoms with Crippen molar-refractivity contribution < 1.29 is 4.79 Å². The molecular formula is C17H14Cl2N2O. The van der Waals surface area contributed by atoms with Crippen molar-refractivity contribution in [1.29, 1.82) is 0 Å². The van der Waals surface area contributed by atoms with Crippen molar-refractivity contribution in [1.82, 2.24) is 4.57 Å². The smallest absolute Gasteiger partial charge is 0.251 e. The van der Waals surface area contributed by atoms with Crippen molar-refractivity contribution in [3.8, 4) is 0 Å². The predicted molar refractivity (Wildman–Crippen MR) is 90.8 cm³/mol. The van der Waals surface area contributed by atoms with E-state index in [1.54, 1.807) is 12.1 Å². The minimum absolute atomic E-state index is 0.422. The molecule has 0 saturated heterocycles. The van der Waals surface area contributed by atoms with Gasteiger partial charge in [0.1, 0.15) is 0 Å². The molecule has 22 heavy (non-hydrogen) atoms. The van der Waals surface area contributed by atoms with Gasteiger partial charge in [0.25, 0.3) is 5.91 Å². The molecule has 0 aliphatic rings. The van der Waals surface area contributed by atoms with E-state index in [9.17, 15) is 4.79 Å². The second-order valence-electron chi connectivity index (χ2n) is 5.16. The van der Waals surface area contributed by atoms with E-state index in [0.29, 0.717) is 22.2 Å². The second kappa shape index (κ2) is 5.67. The third-order valence-corrected chi connectivity index (χ3v) is 4.41. The second-order valence-corrected chi connectivity index (χ2v) is 6.01. The van der Waals surface area contributed by atoms with Crippen molar-refractivity contribution in [3.05, 3.63) is 69.3 Å². The summed E-state index contributed by atoms with van der Waals surface area (Å²) in [5.74, 6) is -0.422. The van der Waals surface area contributed by atoms with Gasteiger partial charge in [-0.05, 0) is 30.7 Å². The van der Waals surface area contributed by atoms with Gasteiger partial charge in [-0.2, -0.15) is 0 Å². The first-order valence-corrected chi connectivity index (χ1v) is 7.56. The van der Waals surface area contributed by atoms with Crippen LogP contribution in [0.25, 0.3) is 10.9 Å². The molecule has 0 bridgehead atoms. The molecular weight excluding hydrogens is 319 g/mol. The molecule has 5 heteroatoms. The number of primary amides is 1. The molecule has 0 fully saturated rings. The number of aromatic nitrogens is 1. The third kappa shape index (κ3) is 2.47. The number of fused-ring (bicyclic) bond motifs is 1. The molecule has 3 rings (SSSR count). The first-order valence-electron chi connectivity index (χ1n) is 6.80. The van der Waals surface area contributed by atoms with Gasteiger partial charge >= 0.3 is 0 Å². The lowest BCUT2D eigenvalue weighted by Gasteiger charge is -2.10. The maximum atomic E-state index is 11.8. The van der Waals surface area contributed by atoms with Crippen LogP contribution in [0.3, 0.4) is 0 Å². The highest BCUT2D eigenvalue weighted by molar-refractivity contribution is 6.35. The van der Waals surface area contributed by atoms with E-state index >= 15 is 0 Å². The van der Waals surface area contributed by atoms with Crippen LogP contribution in [-0.2, 0) is 6.54 Å². The topological polar surface area (TPSA) is 48.0 Å². The van der Waals surface area contributed by atoms with E-state index < -0.39 is 5.91 Å². The average molecular weight is 333 g/mol. The summed E-state index contributed by atoms with van der Waals surface area (Å²) in [6.07, 6.45) is 0. The van der Waals surface area contributed by atoms with E-state index in [2.05, 4.69) is 0 Å². The summed E-state index contributed by atoms with van der Waals surface area (Å²) in [6.45, 7) is 2.44. The van der Waals surface area contributed by atoms with Gasteiger partial charge in [0.2, 0.25) is 0 Å². The van der Waals surface area contributed by atoms with Crippen LogP contribution in [0.2, 0.25) is 10.0 Å². The standard InChI is InChI=1S/C17H14Cl2N2O/c1-10-16(17(20)22)13-4-2-3-5-15(13)21(10)9-11-6-7-12(18)8-14(11)19/h2-8H,9H2,1H3,(H2,20,22). The zero-order chi connectivity index (χ0) is 15.9. The molecule has 0 saturated carbocycles. The van der Waals surface area contributed by atoms with Gasteiger partial charge in [-0.3, -0.25) is 4.79 Å². The number of rotatable bonds is 3. The Morgan fingerprint density at radius 2 is 1.91 bits per heavy atom. The van der Waals surface area contributed by atoms with Gasteiger partial charge in [-0.1, -0.05) is 47.5 Å². The van der Waals surface area contributed by atoms with Crippen LogP contribution >= 0.6 is 23.2 Å². The Morgan fingerprint density at radius 3 is 2.59 bits per heavy atom. The maximum absolute atomic E-state index is 11.8. The average Bonchev–Trinajstić information content (AvgIpc) is 2.74. The lowest BCUT2D eigenvalue weighted by atomic mass is 10.1. The third-order valence-electron chi connectivity index (χ3n) is 3.82. The fraction of sp³-hybridized carbons (Fsp3) is 0.118. The van der Waals surface area contributed by atoms with Crippen molar-refractivity contribution in [2.75, 3.05) is 0 Å². The monoisotopic (exact) mass is 332 g/mol. The van der Waals surface area contributed by atoms with Crippen molar-refractivity contribution >= 4 is 40.0 Å². The summed E-state index contributed by atoms with van der Waals surface area (Å²) in [5.41, 5.74) is 8.82. The normalized spacial score (nSPS) is 11.0. The van der Waals surface area contributed by atoms with Gasteiger partial charge in [0, 0.05) is 33.2 Å². The number of nitrogens with zero attached hydrogens (tertiary/aromatic N) is 1. The number of benzene rings is 2. The molecule has 0 aliphatic carbocycles. The van der Waals surface area contributed by atoms with Crippen LogP contribution in [0.15, 0.2) is 42.5 Å². The van der Waals surface area contributed by atoms with Crippen LogP contribution in [0.5, 0.6) is 0 Å². The molecule has 1 aromatic heterocycles. The zero-order valence-corrected chi connectivity index (χ0v) is 13.4. The fourth-order valence-corrected chi connectivity index (χ4v) is 3.23. The van der Waals surface area contributed by atoms with E-state index in [0.717, 1.165) is 22.2 Å². The predicted octanol–water partition coefficient (Wildman–Crippen LogP) is 4.40. The molecule has 0 atom stereocenters. The Bertz CT molecular complexity index is 884.